The van der Waals surface area contributed by atoms with Gasteiger partial charge in [0.25, 0.3) is 5.56 Å². The number of carbonyl (C=O) groups excluding carboxylic acids is 1. The van der Waals surface area contributed by atoms with Crippen molar-refractivity contribution in [2.75, 3.05) is 24.5 Å². The summed E-state index contributed by atoms with van der Waals surface area (Å²) in [7, 11) is 0. The number of amides is 1. The maximum Gasteiger partial charge on any atom is 0.410 e. The van der Waals surface area contributed by atoms with Crippen LogP contribution in [0.3, 0.4) is 0 Å². The van der Waals surface area contributed by atoms with Crippen LogP contribution in [-0.2, 0) is 11.3 Å². The second-order valence-corrected chi connectivity index (χ2v) is 10.7. The Hall–Kier alpha value is -3.69. The number of rotatable bonds is 4. The van der Waals surface area contributed by atoms with Crippen LogP contribution < -0.4 is 10.5 Å². The molecule has 1 spiro atoms. The first-order valence-corrected chi connectivity index (χ1v) is 12.3. The predicted molar refractivity (Wildman–Crippen MR) is 134 cm³/mol. The smallest absolute Gasteiger partial charge is 0.410 e. The van der Waals surface area contributed by atoms with Gasteiger partial charge in [-0.3, -0.25) is 14.7 Å². The molecular formula is C26H32N6O4. The van der Waals surface area contributed by atoms with Gasteiger partial charge in [0.2, 0.25) is 0 Å². The second-order valence-electron chi connectivity index (χ2n) is 10.7. The topological polar surface area (TPSA) is 107 Å². The molecule has 10 heteroatoms. The first-order chi connectivity index (χ1) is 17.0. The molecule has 1 saturated heterocycles. The van der Waals surface area contributed by atoms with Crippen molar-refractivity contribution in [1.82, 2.24) is 24.8 Å². The summed E-state index contributed by atoms with van der Waals surface area (Å²) in [5, 5.41) is 8.65. The van der Waals surface area contributed by atoms with Gasteiger partial charge in [0.05, 0.1) is 24.0 Å². The van der Waals surface area contributed by atoms with E-state index in [-0.39, 0.29) is 23.7 Å². The van der Waals surface area contributed by atoms with Crippen LogP contribution in [0, 0.1) is 13.8 Å². The van der Waals surface area contributed by atoms with Crippen LogP contribution in [0.15, 0.2) is 39.9 Å². The lowest BCUT2D eigenvalue weighted by Gasteiger charge is -2.43. The second kappa shape index (κ2) is 8.76. The summed E-state index contributed by atoms with van der Waals surface area (Å²) in [6, 6.07) is 5.47. The Bertz CT molecular complexity index is 1330. The van der Waals surface area contributed by atoms with Gasteiger partial charge in [0.15, 0.2) is 0 Å². The molecular weight excluding hydrogens is 460 g/mol. The molecule has 2 fully saturated rings. The number of carbonyl (C=O) groups is 1. The van der Waals surface area contributed by atoms with Gasteiger partial charge in [0.1, 0.15) is 17.1 Å². The first-order valence-electron chi connectivity index (χ1n) is 12.3. The highest BCUT2D eigenvalue weighted by molar-refractivity contribution is 5.71. The van der Waals surface area contributed by atoms with E-state index < -0.39 is 5.60 Å². The summed E-state index contributed by atoms with van der Waals surface area (Å²) in [5.41, 5.74) is 2.99. The average Bonchev–Trinajstić information content (AvgIpc) is 3.47. The molecule has 1 aliphatic heterocycles. The van der Waals surface area contributed by atoms with Crippen molar-refractivity contribution in [2.24, 2.45) is 0 Å². The first kappa shape index (κ1) is 24.0. The van der Waals surface area contributed by atoms with Crippen LogP contribution >= 0.6 is 0 Å². The number of pyridine rings is 1. The average molecular weight is 493 g/mol. The Morgan fingerprint density at radius 2 is 1.94 bits per heavy atom. The van der Waals surface area contributed by atoms with E-state index in [2.05, 4.69) is 20.1 Å². The number of hydrogen-bond acceptors (Lipinski definition) is 8. The Kier molecular flexibility index (Phi) is 5.84. The van der Waals surface area contributed by atoms with Crippen LogP contribution in [-0.4, -0.2) is 61.7 Å². The minimum Gasteiger partial charge on any atom is -0.444 e. The van der Waals surface area contributed by atoms with Gasteiger partial charge in [-0.05, 0) is 59.6 Å². The quantitative estimate of drug-likeness (QED) is 0.544. The van der Waals surface area contributed by atoms with Crippen molar-refractivity contribution in [1.29, 1.82) is 0 Å². The van der Waals surface area contributed by atoms with Crippen LogP contribution in [0.25, 0.3) is 11.3 Å². The molecule has 0 radical (unpaired) electrons. The number of piperazine rings is 1. The minimum absolute atomic E-state index is 0.208. The van der Waals surface area contributed by atoms with E-state index in [0.29, 0.717) is 31.1 Å². The minimum atomic E-state index is -0.530. The van der Waals surface area contributed by atoms with Crippen LogP contribution in [0.2, 0.25) is 0 Å². The monoisotopic (exact) mass is 492 g/mol. The zero-order chi connectivity index (χ0) is 25.7. The van der Waals surface area contributed by atoms with Gasteiger partial charge in [-0.25, -0.2) is 9.48 Å². The van der Waals surface area contributed by atoms with E-state index in [1.807, 2.05) is 51.7 Å². The standard InChI is InChI=1S/C26H32N6O4/c1-17-6-7-19(13-27-17)23-21(18(2)36-29-23)15-32-22(33)12-20(14-28-32)30-10-11-31(26(16-30)8-9-26)24(34)35-25(3,4)5/h6-7,12-14H,8-11,15-16H2,1-5H3. The zero-order valence-corrected chi connectivity index (χ0v) is 21.4. The van der Waals surface area contributed by atoms with Crippen molar-refractivity contribution in [3.05, 3.63) is 58.0 Å². The van der Waals surface area contributed by atoms with E-state index in [9.17, 15) is 9.59 Å². The van der Waals surface area contributed by atoms with E-state index in [1.54, 1.807) is 18.5 Å². The summed E-state index contributed by atoms with van der Waals surface area (Å²) >= 11 is 0. The third-order valence-electron chi connectivity index (χ3n) is 6.79. The lowest BCUT2D eigenvalue weighted by atomic mass is 10.1. The Morgan fingerprint density at radius 3 is 2.58 bits per heavy atom. The summed E-state index contributed by atoms with van der Waals surface area (Å²) in [5.74, 6) is 0.636. The summed E-state index contributed by atoms with van der Waals surface area (Å²) in [6.45, 7) is 11.4. The fourth-order valence-corrected chi connectivity index (χ4v) is 4.65. The summed E-state index contributed by atoms with van der Waals surface area (Å²) in [4.78, 5) is 34.1. The van der Waals surface area contributed by atoms with E-state index in [1.165, 1.54) is 4.68 Å². The molecule has 0 atom stereocenters. The van der Waals surface area contributed by atoms with Gasteiger partial charge >= 0.3 is 6.09 Å². The van der Waals surface area contributed by atoms with Gasteiger partial charge in [-0.15, -0.1) is 0 Å². The van der Waals surface area contributed by atoms with Crippen LogP contribution in [0.1, 0.15) is 50.6 Å². The molecule has 3 aromatic rings. The Labute approximate surface area is 209 Å². The molecule has 4 heterocycles. The SMILES string of the molecule is Cc1ccc(-c2noc(C)c2Cn2ncc(N3CCN(C(=O)OC(C)(C)C)C4(CC4)C3)cc2=O)cn1. The van der Waals surface area contributed by atoms with Crippen molar-refractivity contribution in [3.8, 4) is 11.3 Å². The molecule has 5 rings (SSSR count). The Morgan fingerprint density at radius 1 is 1.17 bits per heavy atom. The van der Waals surface area contributed by atoms with Crippen molar-refractivity contribution in [3.63, 3.8) is 0 Å². The number of ether oxygens (including phenoxy) is 1. The molecule has 0 bridgehead atoms. The van der Waals surface area contributed by atoms with Gasteiger partial charge < -0.3 is 14.2 Å². The van der Waals surface area contributed by atoms with Crippen molar-refractivity contribution in [2.45, 2.75) is 65.1 Å². The molecule has 1 amide bonds. The fourth-order valence-electron chi connectivity index (χ4n) is 4.65. The van der Waals surface area contributed by atoms with Crippen LogP contribution in [0.5, 0.6) is 0 Å². The third kappa shape index (κ3) is 4.72. The molecule has 36 heavy (non-hydrogen) atoms. The predicted octanol–water partition coefficient (Wildman–Crippen LogP) is 3.55. The number of aromatic nitrogens is 4. The van der Waals surface area contributed by atoms with E-state index >= 15 is 0 Å². The van der Waals surface area contributed by atoms with Gasteiger partial charge in [-0.2, -0.15) is 5.10 Å². The molecule has 3 aromatic heterocycles. The largest absolute Gasteiger partial charge is 0.444 e. The highest BCUT2D eigenvalue weighted by atomic mass is 16.6. The molecule has 190 valence electrons. The molecule has 0 unspecified atom stereocenters. The number of aryl methyl sites for hydroxylation is 2. The molecule has 0 aromatic carbocycles. The van der Waals surface area contributed by atoms with Gasteiger partial charge in [-0.1, -0.05) is 5.16 Å². The van der Waals surface area contributed by atoms with E-state index in [0.717, 1.165) is 35.3 Å². The highest BCUT2D eigenvalue weighted by Crippen LogP contribution is 2.45. The lowest BCUT2D eigenvalue weighted by molar-refractivity contribution is 0.0106. The Balaban J connectivity index is 1.32. The number of hydrogen-bond donors (Lipinski definition) is 0. The molecule has 10 nitrogen and oxygen atoms in total. The molecule has 2 aliphatic rings. The maximum atomic E-state index is 13.0. The highest BCUT2D eigenvalue weighted by Gasteiger charge is 2.54. The van der Waals surface area contributed by atoms with Crippen LogP contribution in [0.4, 0.5) is 10.5 Å². The van der Waals surface area contributed by atoms with Crippen molar-refractivity contribution >= 4 is 11.8 Å². The fraction of sp³-hybridized carbons (Fsp3) is 0.500. The summed E-state index contributed by atoms with van der Waals surface area (Å²) < 4.78 is 12.5. The number of nitrogens with zero attached hydrogens (tertiary/aromatic N) is 6. The van der Waals surface area contributed by atoms with Gasteiger partial charge in [0, 0.05) is 48.7 Å². The van der Waals surface area contributed by atoms with E-state index in [4.69, 9.17) is 9.26 Å². The van der Waals surface area contributed by atoms with Crippen molar-refractivity contribution < 1.29 is 14.1 Å². The molecule has 1 saturated carbocycles. The third-order valence-corrected chi connectivity index (χ3v) is 6.79. The lowest BCUT2D eigenvalue weighted by Crippen LogP contribution is -2.58. The maximum absolute atomic E-state index is 13.0. The zero-order valence-electron chi connectivity index (χ0n) is 21.4. The molecule has 1 aliphatic carbocycles. The normalized spacial score (nSPS) is 16.9. The number of anilines is 1. The summed E-state index contributed by atoms with van der Waals surface area (Å²) in [6.07, 6.45) is 5.06. The molecule has 0 N–H and O–H groups in total.